The number of aliphatic hydroxyl groups excluding tert-OH is 1. The number of carboxylic acids is 1. The predicted octanol–water partition coefficient (Wildman–Crippen LogP) is 11.1. The molecule has 3 unspecified atom stereocenters. The maximum atomic E-state index is 12.3. The quantitative estimate of drug-likeness (QED) is 0.0202. The number of esters is 1. The highest BCUT2D eigenvalue weighted by Crippen LogP contribution is 2.43. The molecule has 3 atom stereocenters. The summed E-state index contributed by atoms with van der Waals surface area (Å²) in [5.41, 5.74) is 0. The van der Waals surface area contributed by atoms with E-state index in [0.29, 0.717) is 12.8 Å². The van der Waals surface area contributed by atoms with E-state index in [4.69, 9.17) is 13.8 Å². The molecule has 0 aromatic carbocycles. The minimum Gasteiger partial charge on any atom is -0.480 e. The number of hydrogen-bond donors (Lipinski definition) is 4. The molecule has 0 aliphatic heterocycles. The molecule has 0 rings (SSSR count). The van der Waals surface area contributed by atoms with Gasteiger partial charge in [0.25, 0.3) is 0 Å². The lowest BCUT2D eigenvalue weighted by Crippen LogP contribution is -2.43. The van der Waals surface area contributed by atoms with Crippen molar-refractivity contribution in [2.75, 3.05) is 19.8 Å². The van der Waals surface area contributed by atoms with Crippen molar-refractivity contribution in [3.05, 3.63) is 85.1 Å². The molecule has 0 aromatic rings. The van der Waals surface area contributed by atoms with Gasteiger partial charge in [0.1, 0.15) is 12.7 Å². The number of aliphatic carboxylic acids is 1. The number of phosphoric acid groups is 1. The highest BCUT2D eigenvalue weighted by Gasteiger charge is 2.28. The van der Waals surface area contributed by atoms with Crippen molar-refractivity contribution in [3.63, 3.8) is 0 Å². The lowest BCUT2D eigenvalue weighted by atomic mass is 10.0. The van der Waals surface area contributed by atoms with Crippen molar-refractivity contribution in [1.82, 2.24) is 5.32 Å². The highest BCUT2D eigenvalue weighted by molar-refractivity contribution is 7.47. The molecule has 0 aromatic heterocycles. The number of allylic oxidation sites excluding steroid dienone is 13. The fourth-order valence-electron chi connectivity index (χ4n) is 5.39. The maximum absolute atomic E-state index is 12.3. The third-order valence-corrected chi connectivity index (χ3v) is 9.68. The minimum atomic E-state index is -4.78. The number of rotatable bonds is 39. The van der Waals surface area contributed by atoms with E-state index in [9.17, 15) is 34.1 Å². The number of hydrogen-bond acceptors (Lipinski definition) is 8. The number of carbonyl (C=O) groups is 3. The number of unbranched alkanes of at least 4 members (excludes halogenated alkanes) is 12. The first-order chi connectivity index (χ1) is 28.1. The smallest absolute Gasteiger partial charge is 0.472 e. The average Bonchev–Trinajstić information content (AvgIpc) is 3.20. The van der Waals surface area contributed by atoms with Crippen LogP contribution in [-0.2, 0) is 32.7 Å². The number of amides is 1. The molecule has 0 fully saturated rings. The number of ether oxygens (including phenoxy) is 1. The second-order valence-electron chi connectivity index (χ2n) is 14.2. The second kappa shape index (κ2) is 40.4. The fraction of sp³-hybridized carbons (Fsp3) is 0.630. The largest absolute Gasteiger partial charge is 0.480 e. The van der Waals surface area contributed by atoms with E-state index in [1.165, 1.54) is 57.8 Å². The van der Waals surface area contributed by atoms with Crippen molar-refractivity contribution in [1.29, 1.82) is 0 Å². The standard InChI is InChI=1S/C46H76NO10P/c1-3-5-7-9-11-13-15-17-18-19-20-21-22-23-24-26-27-29-31-33-35-37-44(49)47-43(46(51)52)41-57-58(53,54)56-40-42(48)39-55-45(50)38-36-34-32-30-28-25-16-14-12-10-8-6-4-2/h5,7,11,13,17-18,20-21,23-24,27,29,33,35,42-43,48H,3-4,6,8-10,12,14-16,19,22,25-26,28,30-32,34,36-41H2,1-2H3,(H,47,49)(H,51,52)(H,53,54)/b7-5-,13-11-,18-17-,21-20-,24-23-,29-27-,35-33-. The lowest BCUT2D eigenvalue weighted by Gasteiger charge is -2.18. The van der Waals surface area contributed by atoms with Crippen molar-refractivity contribution < 1.29 is 47.8 Å². The Morgan fingerprint density at radius 3 is 1.40 bits per heavy atom. The van der Waals surface area contributed by atoms with E-state index in [0.717, 1.165) is 57.8 Å². The molecule has 4 N–H and O–H groups in total. The molecular formula is C46H76NO10P. The average molecular weight is 834 g/mol. The maximum Gasteiger partial charge on any atom is 0.472 e. The molecule has 0 spiro atoms. The Labute approximate surface area is 350 Å². The van der Waals surface area contributed by atoms with Gasteiger partial charge in [-0.05, 0) is 51.4 Å². The molecule has 0 saturated carbocycles. The SMILES string of the molecule is CC/C=C\C/C=C\C/C=C\C/C=C\C/C=C\C/C=C\C/C=C\CC(=O)NC(COP(=O)(O)OCC(O)COC(=O)CCCCCCCCCCCCCCC)C(=O)O. The summed E-state index contributed by atoms with van der Waals surface area (Å²) in [5.74, 6) is -2.56. The zero-order valence-electron chi connectivity index (χ0n) is 35.6. The molecule has 0 aliphatic carbocycles. The van der Waals surface area contributed by atoms with Crippen LogP contribution in [0.15, 0.2) is 85.1 Å². The van der Waals surface area contributed by atoms with Gasteiger partial charge < -0.3 is 25.2 Å². The summed E-state index contributed by atoms with van der Waals surface area (Å²) in [6.45, 7) is 2.39. The van der Waals surface area contributed by atoms with Crippen LogP contribution in [0.1, 0.15) is 155 Å². The van der Waals surface area contributed by atoms with Crippen LogP contribution in [0.5, 0.6) is 0 Å². The van der Waals surface area contributed by atoms with Crippen molar-refractivity contribution in [2.24, 2.45) is 0 Å². The zero-order chi connectivity index (χ0) is 42.8. The van der Waals surface area contributed by atoms with Gasteiger partial charge in [-0.3, -0.25) is 18.6 Å². The highest BCUT2D eigenvalue weighted by atomic mass is 31.2. The van der Waals surface area contributed by atoms with Crippen LogP contribution in [0.2, 0.25) is 0 Å². The molecule has 0 bridgehead atoms. The Bertz CT molecular complexity index is 1300. The molecule has 330 valence electrons. The Balaban J connectivity index is 4.08. The van der Waals surface area contributed by atoms with Crippen LogP contribution in [0.4, 0.5) is 0 Å². The van der Waals surface area contributed by atoms with Gasteiger partial charge in [0.15, 0.2) is 6.04 Å². The van der Waals surface area contributed by atoms with Gasteiger partial charge in [0, 0.05) is 12.8 Å². The van der Waals surface area contributed by atoms with Crippen LogP contribution in [0, 0.1) is 0 Å². The van der Waals surface area contributed by atoms with Crippen molar-refractivity contribution in [3.8, 4) is 0 Å². The van der Waals surface area contributed by atoms with E-state index >= 15 is 0 Å². The monoisotopic (exact) mass is 834 g/mol. The van der Waals surface area contributed by atoms with Crippen LogP contribution < -0.4 is 5.32 Å². The van der Waals surface area contributed by atoms with Gasteiger partial charge in [0.05, 0.1) is 13.2 Å². The molecule has 1 amide bonds. The molecule has 0 saturated heterocycles. The predicted molar refractivity (Wildman–Crippen MR) is 235 cm³/mol. The van der Waals surface area contributed by atoms with Crippen LogP contribution in [0.25, 0.3) is 0 Å². The molecule has 12 heteroatoms. The van der Waals surface area contributed by atoms with E-state index in [2.05, 4.69) is 79.9 Å². The number of aliphatic hydroxyl groups is 1. The van der Waals surface area contributed by atoms with E-state index in [1.807, 2.05) is 12.2 Å². The first-order valence-electron chi connectivity index (χ1n) is 21.6. The zero-order valence-corrected chi connectivity index (χ0v) is 36.5. The van der Waals surface area contributed by atoms with E-state index in [1.54, 1.807) is 12.2 Å². The van der Waals surface area contributed by atoms with Crippen LogP contribution in [0.3, 0.4) is 0 Å². The summed E-state index contributed by atoms with van der Waals surface area (Å²) in [7, 11) is -4.78. The van der Waals surface area contributed by atoms with E-state index < -0.39 is 57.6 Å². The molecular weight excluding hydrogens is 757 g/mol. The molecule has 0 heterocycles. The van der Waals surface area contributed by atoms with Gasteiger partial charge in [-0.25, -0.2) is 9.36 Å². The van der Waals surface area contributed by atoms with Gasteiger partial charge in [0.2, 0.25) is 5.91 Å². The van der Waals surface area contributed by atoms with Crippen molar-refractivity contribution in [2.45, 2.75) is 167 Å². The normalized spacial score (nSPS) is 14.6. The summed E-state index contributed by atoms with van der Waals surface area (Å²) in [5, 5.41) is 21.7. The van der Waals surface area contributed by atoms with Gasteiger partial charge >= 0.3 is 19.8 Å². The summed E-state index contributed by atoms with van der Waals surface area (Å²) >= 11 is 0. The number of carbonyl (C=O) groups excluding carboxylic acids is 2. The van der Waals surface area contributed by atoms with E-state index in [-0.39, 0.29) is 12.8 Å². The third kappa shape index (κ3) is 39.5. The second-order valence-corrected chi connectivity index (χ2v) is 15.6. The lowest BCUT2D eigenvalue weighted by molar-refractivity contribution is -0.147. The Kier molecular flexibility index (Phi) is 38.1. The summed E-state index contributed by atoms with van der Waals surface area (Å²) < 4.78 is 26.8. The Morgan fingerprint density at radius 1 is 0.569 bits per heavy atom. The summed E-state index contributed by atoms with van der Waals surface area (Å²) in [4.78, 5) is 45.8. The van der Waals surface area contributed by atoms with Gasteiger partial charge in [-0.15, -0.1) is 0 Å². The summed E-state index contributed by atoms with van der Waals surface area (Å²) in [6, 6.07) is -1.61. The first-order valence-corrected chi connectivity index (χ1v) is 23.1. The molecule has 0 aliphatic rings. The fourth-order valence-corrected chi connectivity index (χ4v) is 6.17. The minimum absolute atomic E-state index is 0.0933. The Morgan fingerprint density at radius 2 is 0.966 bits per heavy atom. The third-order valence-electron chi connectivity index (χ3n) is 8.73. The Hall–Kier alpha value is -3.34. The molecule has 11 nitrogen and oxygen atoms in total. The van der Waals surface area contributed by atoms with Crippen LogP contribution in [-0.4, -0.2) is 64.9 Å². The molecule has 0 radical (unpaired) electrons. The van der Waals surface area contributed by atoms with Crippen LogP contribution >= 0.6 is 7.82 Å². The number of carboxylic acid groups (broad SMARTS) is 1. The first kappa shape index (κ1) is 54.7. The molecule has 58 heavy (non-hydrogen) atoms. The topological polar surface area (TPSA) is 169 Å². The van der Waals surface area contributed by atoms with Crippen molar-refractivity contribution >= 4 is 25.7 Å². The van der Waals surface area contributed by atoms with Gasteiger partial charge in [-0.1, -0.05) is 176 Å². The van der Waals surface area contributed by atoms with Gasteiger partial charge in [-0.2, -0.15) is 0 Å². The number of nitrogens with one attached hydrogen (secondary N) is 1. The number of phosphoric ester groups is 1. The summed E-state index contributed by atoms with van der Waals surface area (Å²) in [6.07, 6.45) is 49.3.